The predicted octanol–water partition coefficient (Wildman–Crippen LogP) is 6.75. The molecule has 0 unspecified atom stereocenters. The van der Waals surface area contributed by atoms with Gasteiger partial charge < -0.3 is 9.94 Å². The average Bonchev–Trinajstić information content (AvgIpc) is 3.35. The molecule has 2 aromatic carbocycles. The molecule has 1 N–H and O–H groups in total. The third-order valence-electron chi connectivity index (χ3n) is 7.45. The van der Waals surface area contributed by atoms with Gasteiger partial charge >= 0.3 is 11.9 Å². The number of benzene rings is 2. The maximum absolute atomic E-state index is 11.9. The van der Waals surface area contributed by atoms with E-state index in [9.17, 15) is 28.8 Å². The Morgan fingerprint density at radius 1 is 0.556 bits per heavy atom. The van der Waals surface area contributed by atoms with E-state index in [1.807, 2.05) is 60.7 Å². The van der Waals surface area contributed by atoms with Crippen molar-refractivity contribution < 1.29 is 38.7 Å². The van der Waals surface area contributed by atoms with Crippen LogP contribution in [-0.2, 0) is 46.4 Å². The molecule has 2 aromatic rings. The third-order valence-corrected chi connectivity index (χ3v) is 7.45. The van der Waals surface area contributed by atoms with Crippen molar-refractivity contribution in [1.29, 1.82) is 0 Å². The molecule has 0 aliphatic carbocycles. The molecule has 0 bridgehead atoms. The first-order chi connectivity index (χ1) is 21.7. The summed E-state index contributed by atoms with van der Waals surface area (Å²) < 4.78 is 0. The van der Waals surface area contributed by atoms with Crippen LogP contribution < -0.4 is 0 Å². The lowest BCUT2D eigenvalue weighted by molar-refractivity contribution is -0.197. The number of carboxylic acid groups (broad SMARTS) is 1. The van der Waals surface area contributed by atoms with Crippen molar-refractivity contribution in [3.8, 4) is 0 Å². The van der Waals surface area contributed by atoms with Crippen molar-refractivity contribution in [3.05, 3.63) is 71.8 Å². The minimum absolute atomic E-state index is 0.102. The van der Waals surface area contributed by atoms with E-state index in [0.29, 0.717) is 49.4 Å². The Balaban J connectivity index is 0.000000330. The largest absolute Gasteiger partial charge is 0.481 e. The number of Topliss-reactive ketones (excluding diaryl/α,β-unsaturated/α-hetero) is 2. The molecule has 45 heavy (non-hydrogen) atoms. The van der Waals surface area contributed by atoms with Crippen molar-refractivity contribution in [3.63, 3.8) is 0 Å². The number of aryl methyl sites for hydroxylation is 2. The Morgan fingerprint density at radius 3 is 1.38 bits per heavy atom. The van der Waals surface area contributed by atoms with Gasteiger partial charge in [0.1, 0.15) is 11.6 Å². The summed E-state index contributed by atoms with van der Waals surface area (Å²) in [6.45, 7) is 0. The van der Waals surface area contributed by atoms with Crippen LogP contribution in [0.2, 0.25) is 0 Å². The van der Waals surface area contributed by atoms with Gasteiger partial charge in [-0.3, -0.25) is 24.0 Å². The Bertz CT molecular complexity index is 1200. The molecule has 0 spiro atoms. The van der Waals surface area contributed by atoms with Crippen LogP contribution in [0.5, 0.6) is 0 Å². The first-order valence-electron chi connectivity index (χ1n) is 16.1. The summed E-state index contributed by atoms with van der Waals surface area (Å²) in [5.41, 5.74) is 2.38. The molecule has 1 aliphatic rings. The maximum atomic E-state index is 11.9. The lowest BCUT2D eigenvalue weighted by atomic mass is 10.0. The first kappa shape index (κ1) is 37.0. The van der Waals surface area contributed by atoms with Crippen LogP contribution >= 0.6 is 0 Å². The maximum Gasteiger partial charge on any atom is 0.333 e. The number of ketones is 2. The molecular weight excluding hydrogens is 574 g/mol. The number of amides is 2. The summed E-state index contributed by atoms with van der Waals surface area (Å²) in [5.74, 6) is -1.65. The van der Waals surface area contributed by atoms with Gasteiger partial charge in [0.05, 0.1) is 0 Å². The molecule has 2 amide bonds. The standard InChI is InChI=1S/C20H25NO5.C16H22O3/c22-17(13-12-16-8-4-3-5-9-16)10-6-1-2-7-11-20(25)26-21-18(23)14-15-19(21)24;17-15(10-6-1-2-7-11-16(18)19)13-12-14-8-4-3-5-9-14/h3-5,8-9H,1-2,6-7,10-15H2;3-5,8-9H,1-2,6-7,10-13H2,(H,18,19). The Hall–Kier alpha value is -4.14. The van der Waals surface area contributed by atoms with Crippen molar-refractivity contribution in [2.45, 2.75) is 116 Å². The second-order valence-corrected chi connectivity index (χ2v) is 11.3. The summed E-state index contributed by atoms with van der Waals surface area (Å²) >= 11 is 0. The van der Waals surface area contributed by atoms with Gasteiger partial charge in [0.15, 0.2) is 0 Å². The van der Waals surface area contributed by atoms with Crippen molar-refractivity contribution >= 4 is 35.3 Å². The van der Waals surface area contributed by atoms with Crippen LogP contribution in [0.1, 0.15) is 114 Å². The van der Waals surface area contributed by atoms with Gasteiger partial charge in [-0.1, -0.05) is 86.3 Å². The van der Waals surface area contributed by atoms with Gasteiger partial charge in [-0.2, -0.15) is 0 Å². The fourth-order valence-electron chi connectivity index (χ4n) is 4.81. The summed E-state index contributed by atoms with van der Waals surface area (Å²) in [6.07, 6.45) is 11.1. The number of carbonyl (C=O) groups is 6. The van der Waals surface area contributed by atoms with Crippen LogP contribution in [0.4, 0.5) is 0 Å². The molecule has 1 heterocycles. The van der Waals surface area contributed by atoms with E-state index in [0.717, 1.165) is 51.4 Å². The summed E-state index contributed by atoms with van der Waals surface area (Å²) in [5, 5.41) is 9.06. The fraction of sp³-hybridized carbons (Fsp3) is 0.500. The van der Waals surface area contributed by atoms with Gasteiger partial charge in [0, 0.05) is 51.4 Å². The molecule has 3 rings (SSSR count). The van der Waals surface area contributed by atoms with Crippen molar-refractivity contribution in [1.82, 2.24) is 5.06 Å². The summed E-state index contributed by atoms with van der Waals surface area (Å²) in [6, 6.07) is 20.0. The van der Waals surface area contributed by atoms with Crippen molar-refractivity contribution in [2.24, 2.45) is 0 Å². The highest BCUT2D eigenvalue weighted by molar-refractivity contribution is 6.01. The number of carboxylic acids is 1. The summed E-state index contributed by atoms with van der Waals surface area (Å²) in [7, 11) is 0. The van der Waals surface area contributed by atoms with E-state index in [4.69, 9.17) is 9.94 Å². The lowest BCUT2D eigenvalue weighted by Gasteiger charge is -2.12. The van der Waals surface area contributed by atoms with Crippen LogP contribution in [0, 0.1) is 0 Å². The molecule has 1 saturated heterocycles. The zero-order valence-corrected chi connectivity index (χ0v) is 26.3. The number of hydrogen-bond acceptors (Lipinski definition) is 7. The van der Waals surface area contributed by atoms with E-state index in [1.54, 1.807) is 0 Å². The third kappa shape index (κ3) is 17.7. The smallest absolute Gasteiger partial charge is 0.333 e. The zero-order chi connectivity index (χ0) is 32.7. The zero-order valence-electron chi connectivity index (χ0n) is 26.3. The second-order valence-electron chi connectivity index (χ2n) is 11.3. The van der Waals surface area contributed by atoms with E-state index >= 15 is 0 Å². The number of imide groups is 1. The molecular formula is C36H47NO8. The SMILES string of the molecule is O=C(CCCCCCC(=O)ON1C(=O)CCC1=O)CCc1ccccc1.O=C(O)CCCCCCC(=O)CCc1ccccc1. The molecule has 0 atom stereocenters. The number of nitrogens with zero attached hydrogens (tertiary/aromatic N) is 1. The van der Waals surface area contributed by atoms with Gasteiger partial charge in [0.2, 0.25) is 0 Å². The van der Waals surface area contributed by atoms with E-state index in [2.05, 4.69) is 0 Å². The molecule has 0 radical (unpaired) electrons. The fourth-order valence-corrected chi connectivity index (χ4v) is 4.81. The van der Waals surface area contributed by atoms with E-state index in [-0.39, 0.29) is 31.5 Å². The van der Waals surface area contributed by atoms with Crippen LogP contribution in [0.15, 0.2) is 60.7 Å². The molecule has 0 aromatic heterocycles. The number of rotatable bonds is 21. The summed E-state index contributed by atoms with van der Waals surface area (Å²) in [4.78, 5) is 72.9. The van der Waals surface area contributed by atoms with Crippen LogP contribution in [0.3, 0.4) is 0 Å². The van der Waals surface area contributed by atoms with E-state index in [1.165, 1.54) is 11.1 Å². The average molecular weight is 622 g/mol. The lowest BCUT2D eigenvalue weighted by Crippen LogP contribution is -2.31. The van der Waals surface area contributed by atoms with Gasteiger partial charge in [0.25, 0.3) is 11.8 Å². The highest BCUT2D eigenvalue weighted by Gasteiger charge is 2.32. The second kappa shape index (κ2) is 22.4. The normalized spacial score (nSPS) is 12.4. The quantitative estimate of drug-likeness (QED) is 0.119. The molecule has 9 nitrogen and oxygen atoms in total. The molecule has 9 heteroatoms. The number of hydrogen-bond donors (Lipinski definition) is 1. The monoisotopic (exact) mass is 621 g/mol. The Kier molecular flexibility index (Phi) is 18.4. The molecule has 244 valence electrons. The van der Waals surface area contributed by atoms with Crippen LogP contribution in [-0.4, -0.2) is 45.5 Å². The number of carbonyl (C=O) groups excluding carboxylic acids is 5. The van der Waals surface area contributed by atoms with Gasteiger partial charge in [-0.25, -0.2) is 4.79 Å². The Morgan fingerprint density at radius 2 is 0.956 bits per heavy atom. The number of unbranched alkanes of at least 4 members (excludes halogenated alkanes) is 6. The van der Waals surface area contributed by atoms with Crippen LogP contribution in [0.25, 0.3) is 0 Å². The molecule has 1 aliphatic heterocycles. The predicted molar refractivity (Wildman–Crippen MR) is 170 cm³/mol. The Labute approximate surface area is 266 Å². The highest BCUT2D eigenvalue weighted by atomic mass is 16.7. The molecule has 1 fully saturated rings. The van der Waals surface area contributed by atoms with Gasteiger partial charge in [-0.05, 0) is 49.7 Å². The highest BCUT2D eigenvalue weighted by Crippen LogP contribution is 2.14. The van der Waals surface area contributed by atoms with Gasteiger partial charge in [-0.15, -0.1) is 5.06 Å². The minimum atomic E-state index is -0.737. The first-order valence-corrected chi connectivity index (χ1v) is 16.1. The number of hydroxylamine groups is 2. The topological polar surface area (TPSA) is 135 Å². The number of aliphatic carboxylic acids is 1. The van der Waals surface area contributed by atoms with E-state index < -0.39 is 23.8 Å². The minimum Gasteiger partial charge on any atom is -0.481 e. The molecule has 0 saturated carbocycles. The van der Waals surface area contributed by atoms with Crippen molar-refractivity contribution in [2.75, 3.05) is 0 Å².